The summed E-state index contributed by atoms with van der Waals surface area (Å²) in [4.78, 5) is 31.9. The van der Waals surface area contributed by atoms with Crippen molar-refractivity contribution in [3.63, 3.8) is 0 Å². The van der Waals surface area contributed by atoms with Gasteiger partial charge in [0.1, 0.15) is 11.6 Å². The maximum absolute atomic E-state index is 12.7. The van der Waals surface area contributed by atoms with Crippen molar-refractivity contribution in [2.75, 3.05) is 35.6 Å². The SMILES string of the molecule is Nc1cccc(N2CCC(CCNC(=O)c3ccc(Cl)c(NC(=O)c4ccccc4Cl)c3)CC2)n1. The van der Waals surface area contributed by atoms with Crippen molar-refractivity contribution in [3.8, 4) is 0 Å². The average Bonchev–Trinajstić information content (AvgIpc) is 2.86. The Morgan fingerprint density at radius 1 is 0.971 bits per heavy atom. The second-order valence-electron chi connectivity index (χ2n) is 8.52. The predicted octanol–water partition coefficient (Wildman–Crippen LogP) is 5.26. The maximum atomic E-state index is 12.7. The average molecular weight is 512 g/mol. The van der Waals surface area contributed by atoms with Crippen LogP contribution in [0.2, 0.25) is 10.0 Å². The van der Waals surface area contributed by atoms with E-state index in [1.807, 2.05) is 12.1 Å². The lowest BCUT2D eigenvalue weighted by Crippen LogP contribution is -2.35. The molecule has 1 aliphatic heterocycles. The van der Waals surface area contributed by atoms with Gasteiger partial charge in [-0.05, 0) is 67.6 Å². The first-order valence-corrected chi connectivity index (χ1v) is 12.3. The van der Waals surface area contributed by atoms with Crippen LogP contribution in [-0.4, -0.2) is 36.4 Å². The van der Waals surface area contributed by atoms with Gasteiger partial charge in [0.05, 0.1) is 21.3 Å². The van der Waals surface area contributed by atoms with Gasteiger partial charge in [-0.25, -0.2) is 4.98 Å². The fourth-order valence-corrected chi connectivity index (χ4v) is 4.54. The summed E-state index contributed by atoms with van der Waals surface area (Å²) in [5, 5.41) is 6.39. The van der Waals surface area contributed by atoms with Crippen molar-refractivity contribution >= 4 is 52.3 Å². The summed E-state index contributed by atoms with van der Waals surface area (Å²) in [6.45, 7) is 2.41. The Morgan fingerprint density at radius 3 is 2.49 bits per heavy atom. The molecule has 7 nitrogen and oxygen atoms in total. The minimum absolute atomic E-state index is 0.212. The Morgan fingerprint density at radius 2 is 1.74 bits per heavy atom. The van der Waals surface area contributed by atoms with E-state index in [0.717, 1.165) is 38.2 Å². The highest BCUT2D eigenvalue weighted by molar-refractivity contribution is 6.36. The van der Waals surface area contributed by atoms with Crippen LogP contribution in [0.3, 0.4) is 0 Å². The minimum Gasteiger partial charge on any atom is -0.384 e. The van der Waals surface area contributed by atoms with Gasteiger partial charge in [-0.15, -0.1) is 0 Å². The molecule has 35 heavy (non-hydrogen) atoms. The van der Waals surface area contributed by atoms with E-state index in [2.05, 4.69) is 20.5 Å². The van der Waals surface area contributed by atoms with Gasteiger partial charge in [-0.3, -0.25) is 9.59 Å². The van der Waals surface area contributed by atoms with Crippen LogP contribution in [0, 0.1) is 5.92 Å². The number of anilines is 3. The molecule has 0 radical (unpaired) electrons. The summed E-state index contributed by atoms with van der Waals surface area (Å²) in [6.07, 6.45) is 2.96. The van der Waals surface area contributed by atoms with Crippen LogP contribution in [0.5, 0.6) is 0 Å². The summed E-state index contributed by atoms with van der Waals surface area (Å²) >= 11 is 12.4. The number of piperidine rings is 1. The molecule has 1 fully saturated rings. The zero-order chi connectivity index (χ0) is 24.8. The van der Waals surface area contributed by atoms with Crippen LogP contribution >= 0.6 is 23.2 Å². The van der Waals surface area contributed by atoms with Crippen molar-refractivity contribution in [2.45, 2.75) is 19.3 Å². The van der Waals surface area contributed by atoms with Gasteiger partial charge in [0.15, 0.2) is 0 Å². The Hall–Kier alpha value is -3.29. The third-order valence-electron chi connectivity index (χ3n) is 6.13. The molecular formula is C26H27Cl2N5O2. The molecule has 0 aliphatic carbocycles. The number of rotatable bonds is 7. The predicted molar refractivity (Wildman–Crippen MR) is 141 cm³/mol. The van der Waals surface area contributed by atoms with E-state index in [4.69, 9.17) is 28.9 Å². The molecule has 182 valence electrons. The highest BCUT2D eigenvalue weighted by Crippen LogP contribution is 2.26. The molecule has 4 N–H and O–H groups in total. The molecule has 3 aromatic rings. The van der Waals surface area contributed by atoms with Gasteiger partial charge in [-0.1, -0.05) is 41.4 Å². The van der Waals surface area contributed by atoms with Crippen molar-refractivity contribution < 1.29 is 9.59 Å². The first-order chi connectivity index (χ1) is 16.9. The summed E-state index contributed by atoms with van der Waals surface area (Å²) in [5.41, 5.74) is 6.90. The number of nitrogens with zero attached hydrogens (tertiary/aromatic N) is 2. The lowest BCUT2D eigenvalue weighted by Gasteiger charge is -2.33. The number of nitrogens with one attached hydrogen (secondary N) is 2. The molecule has 0 atom stereocenters. The van der Waals surface area contributed by atoms with Gasteiger partial charge in [0, 0.05) is 25.2 Å². The van der Waals surface area contributed by atoms with Gasteiger partial charge >= 0.3 is 0 Å². The molecule has 9 heteroatoms. The number of carbonyl (C=O) groups is 2. The molecule has 0 spiro atoms. The number of hydrogen-bond acceptors (Lipinski definition) is 5. The lowest BCUT2D eigenvalue weighted by atomic mass is 9.93. The molecule has 0 unspecified atom stereocenters. The Kier molecular flexibility index (Phi) is 8.10. The molecule has 0 saturated carbocycles. The number of aromatic nitrogens is 1. The number of hydrogen-bond donors (Lipinski definition) is 3. The van der Waals surface area contributed by atoms with Crippen molar-refractivity contribution in [3.05, 3.63) is 81.8 Å². The van der Waals surface area contributed by atoms with E-state index >= 15 is 0 Å². The third kappa shape index (κ3) is 6.44. The van der Waals surface area contributed by atoms with E-state index in [0.29, 0.717) is 45.1 Å². The van der Waals surface area contributed by atoms with Gasteiger partial charge in [0.2, 0.25) is 0 Å². The fourth-order valence-electron chi connectivity index (χ4n) is 4.16. The van der Waals surface area contributed by atoms with Crippen LogP contribution in [0.15, 0.2) is 60.7 Å². The molecule has 1 aromatic heterocycles. The van der Waals surface area contributed by atoms with Gasteiger partial charge < -0.3 is 21.3 Å². The molecule has 2 aromatic carbocycles. The highest BCUT2D eigenvalue weighted by Gasteiger charge is 2.20. The normalized spacial score (nSPS) is 13.9. The number of pyridine rings is 1. The van der Waals surface area contributed by atoms with E-state index in [9.17, 15) is 9.59 Å². The molecular weight excluding hydrogens is 485 g/mol. The molecule has 1 saturated heterocycles. The summed E-state index contributed by atoms with van der Waals surface area (Å²) in [6, 6.07) is 17.2. The largest absolute Gasteiger partial charge is 0.384 e. The minimum atomic E-state index is -0.394. The van der Waals surface area contributed by atoms with Gasteiger partial charge in [-0.2, -0.15) is 0 Å². The number of nitrogen functional groups attached to an aromatic ring is 1. The topological polar surface area (TPSA) is 100 Å². The Bertz CT molecular complexity index is 1210. The van der Waals surface area contributed by atoms with Crippen LogP contribution in [0.25, 0.3) is 0 Å². The summed E-state index contributed by atoms with van der Waals surface area (Å²) in [7, 11) is 0. The van der Waals surface area contributed by atoms with Crippen LogP contribution in [-0.2, 0) is 0 Å². The monoisotopic (exact) mass is 511 g/mol. The smallest absolute Gasteiger partial charge is 0.257 e. The molecule has 2 amide bonds. The third-order valence-corrected chi connectivity index (χ3v) is 6.79. The maximum Gasteiger partial charge on any atom is 0.257 e. The number of benzene rings is 2. The van der Waals surface area contributed by atoms with E-state index in [1.54, 1.807) is 48.5 Å². The van der Waals surface area contributed by atoms with E-state index in [1.165, 1.54) is 0 Å². The number of amides is 2. The number of carbonyl (C=O) groups excluding carboxylic acids is 2. The summed E-state index contributed by atoms with van der Waals surface area (Å²) in [5.74, 6) is 1.37. The first-order valence-electron chi connectivity index (χ1n) is 11.5. The second-order valence-corrected chi connectivity index (χ2v) is 9.34. The highest BCUT2D eigenvalue weighted by atomic mass is 35.5. The zero-order valence-corrected chi connectivity index (χ0v) is 20.6. The molecule has 1 aliphatic rings. The standard InChI is InChI=1S/C26H27Cl2N5O2/c27-20-5-2-1-4-19(20)26(35)31-22-16-18(8-9-21(22)28)25(34)30-13-10-17-11-14-33(15-12-17)24-7-3-6-23(29)32-24/h1-9,16-17H,10-15H2,(H2,29,32)(H,30,34)(H,31,35). The zero-order valence-electron chi connectivity index (χ0n) is 19.1. The second kappa shape index (κ2) is 11.4. The lowest BCUT2D eigenvalue weighted by molar-refractivity contribution is 0.0949. The fraction of sp³-hybridized carbons (Fsp3) is 0.269. The van der Waals surface area contributed by atoms with Crippen LogP contribution in [0.1, 0.15) is 40.0 Å². The van der Waals surface area contributed by atoms with Crippen LogP contribution in [0.4, 0.5) is 17.3 Å². The summed E-state index contributed by atoms with van der Waals surface area (Å²) < 4.78 is 0. The van der Waals surface area contributed by atoms with Crippen molar-refractivity contribution in [1.82, 2.24) is 10.3 Å². The Labute approximate surface area is 214 Å². The number of nitrogens with two attached hydrogens (primary N) is 1. The van der Waals surface area contributed by atoms with Crippen LogP contribution < -0.4 is 21.3 Å². The van der Waals surface area contributed by atoms with Crippen molar-refractivity contribution in [2.24, 2.45) is 5.92 Å². The molecule has 2 heterocycles. The Balaban J connectivity index is 1.27. The van der Waals surface area contributed by atoms with E-state index < -0.39 is 5.91 Å². The van der Waals surface area contributed by atoms with E-state index in [-0.39, 0.29) is 5.91 Å². The number of halogens is 2. The van der Waals surface area contributed by atoms with Gasteiger partial charge in [0.25, 0.3) is 11.8 Å². The molecule has 4 rings (SSSR count). The van der Waals surface area contributed by atoms with Crippen molar-refractivity contribution in [1.29, 1.82) is 0 Å². The molecule has 0 bridgehead atoms. The quantitative estimate of drug-likeness (QED) is 0.401. The first kappa shape index (κ1) is 24.8.